The van der Waals surface area contributed by atoms with Crippen LogP contribution in [0.3, 0.4) is 0 Å². The highest BCUT2D eigenvalue weighted by molar-refractivity contribution is 5.98. The first kappa shape index (κ1) is 15.0. The number of amides is 1. The number of fused-ring (bicyclic) bond motifs is 1. The van der Waals surface area contributed by atoms with Crippen molar-refractivity contribution < 1.29 is 13.9 Å². The number of hydrogen-bond donors (Lipinski definition) is 0. The Morgan fingerprint density at radius 1 is 1.08 bits per heavy atom. The van der Waals surface area contributed by atoms with E-state index in [0.717, 1.165) is 17.9 Å². The summed E-state index contributed by atoms with van der Waals surface area (Å²) in [7, 11) is 0. The Balaban J connectivity index is 1.49. The molecule has 124 valence electrons. The fraction of sp³-hybridized carbons (Fsp3) is 0.316. The summed E-state index contributed by atoms with van der Waals surface area (Å²) in [5, 5.41) is 0. The molecule has 1 aliphatic heterocycles. The number of para-hydroxylation sites is 2. The maximum atomic E-state index is 13.2. The van der Waals surface area contributed by atoms with Gasteiger partial charge >= 0.3 is 0 Å². The van der Waals surface area contributed by atoms with E-state index in [9.17, 15) is 9.18 Å². The van der Waals surface area contributed by atoms with Gasteiger partial charge in [-0.05, 0) is 37.1 Å². The van der Waals surface area contributed by atoms with Crippen LogP contribution in [0.2, 0.25) is 0 Å². The molecule has 1 heterocycles. The minimum Gasteiger partial charge on any atom is -0.484 e. The second kappa shape index (κ2) is 6.15. The van der Waals surface area contributed by atoms with Crippen LogP contribution in [0.25, 0.3) is 0 Å². The third kappa shape index (κ3) is 2.94. The highest BCUT2D eigenvalue weighted by Gasteiger charge is 2.35. The van der Waals surface area contributed by atoms with Crippen LogP contribution in [0, 0.1) is 5.82 Å². The standard InChI is InChI=1S/C19H19FN2O2/c20-14-4-3-5-16(12-14)24-13-19(23)22-11-10-21(15-8-9-15)17-6-1-2-7-18(17)22/h1-7,12,15H,8-11,13H2. The van der Waals surface area contributed by atoms with Crippen molar-refractivity contribution in [3.05, 3.63) is 54.3 Å². The average Bonchev–Trinajstić information content (AvgIpc) is 3.44. The van der Waals surface area contributed by atoms with Crippen LogP contribution in [0.5, 0.6) is 5.75 Å². The van der Waals surface area contributed by atoms with E-state index in [1.807, 2.05) is 18.2 Å². The van der Waals surface area contributed by atoms with Crippen molar-refractivity contribution in [2.24, 2.45) is 0 Å². The number of rotatable bonds is 4. The van der Waals surface area contributed by atoms with E-state index in [0.29, 0.717) is 18.3 Å². The molecule has 0 saturated heterocycles. The van der Waals surface area contributed by atoms with Crippen LogP contribution >= 0.6 is 0 Å². The van der Waals surface area contributed by atoms with Crippen LogP contribution in [0.4, 0.5) is 15.8 Å². The molecule has 0 unspecified atom stereocenters. The van der Waals surface area contributed by atoms with Gasteiger partial charge in [-0.1, -0.05) is 18.2 Å². The molecule has 24 heavy (non-hydrogen) atoms. The Morgan fingerprint density at radius 3 is 2.62 bits per heavy atom. The molecule has 0 N–H and O–H groups in total. The van der Waals surface area contributed by atoms with Crippen LogP contribution < -0.4 is 14.5 Å². The van der Waals surface area contributed by atoms with Crippen molar-refractivity contribution in [2.75, 3.05) is 29.5 Å². The Labute approximate surface area is 140 Å². The molecule has 2 aromatic rings. The quantitative estimate of drug-likeness (QED) is 0.865. The number of nitrogens with zero attached hydrogens (tertiary/aromatic N) is 2. The molecule has 0 spiro atoms. The van der Waals surface area contributed by atoms with Crippen molar-refractivity contribution in [2.45, 2.75) is 18.9 Å². The lowest BCUT2D eigenvalue weighted by Crippen LogP contribution is -2.46. The monoisotopic (exact) mass is 326 g/mol. The first-order valence-corrected chi connectivity index (χ1v) is 8.27. The molecule has 4 nitrogen and oxygen atoms in total. The molecule has 0 aromatic heterocycles. The van der Waals surface area contributed by atoms with Crippen LogP contribution in [-0.4, -0.2) is 31.6 Å². The number of benzene rings is 2. The van der Waals surface area contributed by atoms with Gasteiger partial charge in [-0.25, -0.2) is 4.39 Å². The molecule has 0 radical (unpaired) electrons. The van der Waals surface area contributed by atoms with Crippen molar-refractivity contribution in [3.63, 3.8) is 0 Å². The summed E-state index contributed by atoms with van der Waals surface area (Å²) in [6.07, 6.45) is 2.45. The van der Waals surface area contributed by atoms with Crippen molar-refractivity contribution in [1.82, 2.24) is 0 Å². The topological polar surface area (TPSA) is 32.8 Å². The molecular formula is C19H19FN2O2. The molecule has 5 heteroatoms. The summed E-state index contributed by atoms with van der Waals surface area (Å²) in [6, 6.07) is 14.5. The smallest absolute Gasteiger partial charge is 0.265 e. The average molecular weight is 326 g/mol. The van der Waals surface area contributed by atoms with E-state index in [1.54, 1.807) is 17.0 Å². The number of halogens is 1. The molecule has 1 aliphatic carbocycles. The second-order valence-corrected chi connectivity index (χ2v) is 6.20. The summed E-state index contributed by atoms with van der Waals surface area (Å²) >= 11 is 0. The van der Waals surface area contributed by atoms with Gasteiger partial charge in [0.15, 0.2) is 6.61 Å². The summed E-state index contributed by atoms with van der Waals surface area (Å²) < 4.78 is 18.6. The van der Waals surface area contributed by atoms with Gasteiger partial charge in [0.05, 0.1) is 11.4 Å². The molecule has 0 bridgehead atoms. The zero-order valence-corrected chi connectivity index (χ0v) is 13.3. The number of carbonyl (C=O) groups is 1. The number of hydrogen-bond acceptors (Lipinski definition) is 3. The molecule has 2 aliphatic rings. The third-order valence-corrected chi connectivity index (χ3v) is 4.49. The molecule has 1 saturated carbocycles. The predicted molar refractivity (Wildman–Crippen MR) is 91.1 cm³/mol. The minimum absolute atomic E-state index is 0.0960. The Morgan fingerprint density at radius 2 is 1.88 bits per heavy atom. The molecule has 1 fully saturated rings. The van der Waals surface area contributed by atoms with Gasteiger partial charge in [0.25, 0.3) is 5.91 Å². The fourth-order valence-electron chi connectivity index (χ4n) is 3.19. The van der Waals surface area contributed by atoms with E-state index in [2.05, 4.69) is 11.0 Å². The van der Waals surface area contributed by atoms with Crippen LogP contribution in [-0.2, 0) is 4.79 Å². The lowest BCUT2D eigenvalue weighted by Gasteiger charge is -2.37. The normalized spacial score (nSPS) is 16.7. The van der Waals surface area contributed by atoms with Crippen molar-refractivity contribution in [1.29, 1.82) is 0 Å². The number of anilines is 2. The van der Waals surface area contributed by atoms with Crippen LogP contribution in [0.15, 0.2) is 48.5 Å². The third-order valence-electron chi connectivity index (χ3n) is 4.49. The van der Waals surface area contributed by atoms with E-state index in [-0.39, 0.29) is 18.3 Å². The maximum Gasteiger partial charge on any atom is 0.265 e. The predicted octanol–water partition coefficient (Wildman–Crippen LogP) is 3.22. The lowest BCUT2D eigenvalue weighted by atomic mass is 10.1. The van der Waals surface area contributed by atoms with Gasteiger partial charge in [-0.2, -0.15) is 0 Å². The highest BCUT2D eigenvalue weighted by Crippen LogP contribution is 2.39. The van der Waals surface area contributed by atoms with Crippen molar-refractivity contribution in [3.8, 4) is 5.75 Å². The molecule has 1 amide bonds. The van der Waals surface area contributed by atoms with E-state index in [4.69, 9.17) is 4.74 Å². The second-order valence-electron chi connectivity index (χ2n) is 6.20. The summed E-state index contributed by atoms with van der Waals surface area (Å²) in [4.78, 5) is 16.8. The summed E-state index contributed by atoms with van der Waals surface area (Å²) in [5.74, 6) is -0.112. The minimum atomic E-state index is -0.372. The lowest BCUT2D eigenvalue weighted by molar-refractivity contribution is -0.120. The van der Waals surface area contributed by atoms with Gasteiger partial charge in [-0.3, -0.25) is 4.79 Å². The molecule has 2 aromatic carbocycles. The van der Waals surface area contributed by atoms with Gasteiger partial charge in [-0.15, -0.1) is 0 Å². The number of ether oxygens (including phenoxy) is 1. The van der Waals surface area contributed by atoms with Gasteiger partial charge in [0, 0.05) is 25.2 Å². The van der Waals surface area contributed by atoms with E-state index in [1.165, 1.54) is 25.0 Å². The molecule has 4 rings (SSSR count). The van der Waals surface area contributed by atoms with Gasteiger partial charge in [0.2, 0.25) is 0 Å². The molecule has 0 atom stereocenters. The fourth-order valence-corrected chi connectivity index (χ4v) is 3.19. The van der Waals surface area contributed by atoms with E-state index < -0.39 is 0 Å². The summed E-state index contributed by atoms with van der Waals surface area (Å²) in [6.45, 7) is 1.40. The SMILES string of the molecule is O=C(COc1cccc(F)c1)N1CCN(C2CC2)c2ccccc21. The number of carbonyl (C=O) groups excluding carboxylic acids is 1. The summed E-state index contributed by atoms with van der Waals surface area (Å²) in [5.41, 5.74) is 2.05. The Kier molecular flexibility index (Phi) is 3.84. The van der Waals surface area contributed by atoms with Gasteiger partial charge in [0.1, 0.15) is 11.6 Å². The zero-order valence-electron chi connectivity index (χ0n) is 13.3. The van der Waals surface area contributed by atoms with E-state index >= 15 is 0 Å². The Bertz CT molecular complexity index is 761. The first-order valence-electron chi connectivity index (χ1n) is 8.27. The zero-order chi connectivity index (χ0) is 16.5. The largest absolute Gasteiger partial charge is 0.484 e. The maximum absolute atomic E-state index is 13.2. The van der Waals surface area contributed by atoms with Crippen molar-refractivity contribution >= 4 is 17.3 Å². The highest BCUT2D eigenvalue weighted by atomic mass is 19.1. The first-order chi connectivity index (χ1) is 11.7. The molecular weight excluding hydrogens is 307 g/mol. The van der Waals surface area contributed by atoms with Crippen LogP contribution in [0.1, 0.15) is 12.8 Å². The Hall–Kier alpha value is -2.56. The van der Waals surface area contributed by atoms with Gasteiger partial charge < -0.3 is 14.5 Å².